The second-order valence-electron chi connectivity index (χ2n) is 5.37. The van der Waals surface area contributed by atoms with Crippen molar-refractivity contribution in [3.05, 3.63) is 75.2 Å². The molecule has 1 aromatic heterocycles. The molecule has 0 saturated carbocycles. The minimum Gasteiger partial charge on any atom is -0.360 e. The average molecular weight is 410 g/mol. The fourth-order valence-corrected chi connectivity index (χ4v) is 3.63. The van der Waals surface area contributed by atoms with E-state index in [1.165, 1.54) is 16.9 Å². The third-order valence-electron chi connectivity index (χ3n) is 3.75. The first-order valence-electron chi connectivity index (χ1n) is 7.88. The van der Waals surface area contributed by atoms with Gasteiger partial charge in [-0.15, -0.1) is 11.3 Å². The van der Waals surface area contributed by atoms with Gasteiger partial charge in [0, 0.05) is 27.3 Å². The van der Waals surface area contributed by atoms with E-state index in [1.54, 1.807) is 6.20 Å². The number of rotatable bonds is 5. The summed E-state index contributed by atoms with van der Waals surface area (Å²) in [5.74, 6) is 0. The van der Waals surface area contributed by atoms with E-state index in [2.05, 4.69) is 45.3 Å². The van der Waals surface area contributed by atoms with E-state index in [0.717, 1.165) is 27.8 Å². The Hall–Kier alpha value is -2.42. The van der Waals surface area contributed by atoms with Crippen LogP contribution in [0, 0.1) is 11.3 Å². The third kappa shape index (κ3) is 4.16. The molecule has 5 heteroatoms. The molecule has 2 aromatic carbocycles. The molecule has 0 fully saturated rings. The molecule has 3 rings (SSSR count). The van der Waals surface area contributed by atoms with E-state index >= 15 is 0 Å². The van der Waals surface area contributed by atoms with Gasteiger partial charge in [-0.05, 0) is 30.2 Å². The number of nitriles is 1. The maximum absolute atomic E-state index is 9.51. The molecule has 1 N–H and O–H groups in total. The average Bonchev–Trinajstić information content (AvgIpc) is 3.12. The molecule has 0 spiro atoms. The molecule has 3 nitrogen and oxygen atoms in total. The number of halogens is 1. The number of nitrogens with zero attached hydrogens (tertiary/aromatic N) is 2. The highest BCUT2D eigenvalue weighted by molar-refractivity contribution is 9.10. The summed E-state index contributed by atoms with van der Waals surface area (Å²) in [6.07, 6.45) is 2.67. The van der Waals surface area contributed by atoms with Crippen molar-refractivity contribution in [2.45, 2.75) is 13.3 Å². The molecule has 124 valence electrons. The van der Waals surface area contributed by atoms with Crippen LogP contribution in [0.4, 0.5) is 5.69 Å². The smallest absolute Gasteiger partial charge is 0.136 e. The van der Waals surface area contributed by atoms with Crippen molar-refractivity contribution in [1.29, 1.82) is 5.26 Å². The summed E-state index contributed by atoms with van der Waals surface area (Å²) in [7, 11) is 0. The van der Waals surface area contributed by atoms with Crippen molar-refractivity contribution >= 4 is 38.5 Å². The van der Waals surface area contributed by atoms with E-state index in [9.17, 15) is 5.26 Å². The number of para-hydroxylation sites is 1. The van der Waals surface area contributed by atoms with Gasteiger partial charge in [0.15, 0.2) is 0 Å². The van der Waals surface area contributed by atoms with Gasteiger partial charge in [-0.1, -0.05) is 53.2 Å². The SMILES string of the molecule is CCc1ccccc1NC=C(C#N)c1nc(-c2cccc(Br)c2)cs1. The standard InChI is InChI=1S/C20H16BrN3S/c1-2-14-6-3-4-9-18(14)23-12-16(11-22)20-24-19(13-25-20)15-7-5-8-17(21)10-15/h3-10,12-13,23H,2H2,1H3. The maximum Gasteiger partial charge on any atom is 0.136 e. The topological polar surface area (TPSA) is 48.7 Å². The lowest BCUT2D eigenvalue weighted by Gasteiger charge is -2.07. The van der Waals surface area contributed by atoms with Crippen LogP contribution in [0.15, 0.2) is 64.6 Å². The number of nitrogens with one attached hydrogen (secondary N) is 1. The number of hydrogen-bond donors (Lipinski definition) is 1. The summed E-state index contributed by atoms with van der Waals surface area (Å²) >= 11 is 4.95. The highest BCUT2D eigenvalue weighted by Crippen LogP contribution is 2.28. The summed E-state index contributed by atoms with van der Waals surface area (Å²) in [5, 5.41) is 15.4. The Morgan fingerprint density at radius 2 is 2.12 bits per heavy atom. The molecule has 0 radical (unpaired) electrons. The van der Waals surface area contributed by atoms with E-state index in [1.807, 2.05) is 47.8 Å². The molecule has 0 unspecified atom stereocenters. The summed E-state index contributed by atoms with van der Waals surface area (Å²) in [5.41, 5.74) is 4.65. The highest BCUT2D eigenvalue weighted by atomic mass is 79.9. The minimum absolute atomic E-state index is 0.525. The summed E-state index contributed by atoms with van der Waals surface area (Å²) in [4.78, 5) is 4.61. The van der Waals surface area contributed by atoms with Gasteiger partial charge in [-0.3, -0.25) is 0 Å². The maximum atomic E-state index is 9.51. The highest BCUT2D eigenvalue weighted by Gasteiger charge is 2.09. The van der Waals surface area contributed by atoms with Gasteiger partial charge in [0.2, 0.25) is 0 Å². The van der Waals surface area contributed by atoms with Gasteiger partial charge in [-0.2, -0.15) is 5.26 Å². The predicted octanol–water partition coefficient (Wildman–Crippen LogP) is 6.11. The van der Waals surface area contributed by atoms with E-state index in [4.69, 9.17) is 0 Å². The van der Waals surface area contributed by atoms with Crippen LogP contribution in [0.5, 0.6) is 0 Å². The Morgan fingerprint density at radius 1 is 1.28 bits per heavy atom. The lowest BCUT2D eigenvalue weighted by Crippen LogP contribution is -1.95. The molecule has 0 saturated heterocycles. The summed E-state index contributed by atoms with van der Waals surface area (Å²) in [6, 6.07) is 18.3. The molecule has 0 aliphatic rings. The van der Waals surface area contributed by atoms with Crippen LogP contribution < -0.4 is 5.32 Å². The molecule has 0 aliphatic heterocycles. The molecule has 3 aromatic rings. The van der Waals surface area contributed by atoms with Crippen LogP contribution in [0.1, 0.15) is 17.5 Å². The van der Waals surface area contributed by atoms with Crippen molar-refractivity contribution in [2.75, 3.05) is 5.32 Å². The Labute approximate surface area is 159 Å². The van der Waals surface area contributed by atoms with Crippen LogP contribution in [-0.2, 0) is 6.42 Å². The first-order chi connectivity index (χ1) is 12.2. The normalized spacial score (nSPS) is 11.2. The first kappa shape index (κ1) is 17.4. The fraction of sp³-hybridized carbons (Fsp3) is 0.100. The Morgan fingerprint density at radius 3 is 2.88 bits per heavy atom. The van der Waals surface area contributed by atoms with Gasteiger partial charge >= 0.3 is 0 Å². The molecule has 0 aliphatic carbocycles. The summed E-state index contributed by atoms with van der Waals surface area (Å²) < 4.78 is 1.01. The Kier molecular flexibility index (Phi) is 5.64. The predicted molar refractivity (Wildman–Crippen MR) is 108 cm³/mol. The fourth-order valence-electron chi connectivity index (χ4n) is 2.44. The summed E-state index contributed by atoms with van der Waals surface area (Å²) in [6.45, 7) is 2.11. The third-order valence-corrected chi connectivity index (χ3v) is 5.11. The largest absolute Gasteiger partial charge is 0.360 e. The number of aromatic nitrogens is 1. The molecule has 1 heterocycles. The lowest BCUT2D eigenvalue weighted by atomic mass is 10.1. The van der Waals surface area contributed by atoms with Crippen molar-refractivity contribution in [3.63, 3.8) is 0 Å². The van der Waals surface area contributed by atoms with Crippen molar-refractivity contribution in [3.8, 4) is 17.3 Å². The second-order valence-corrected chi connectivity index (χ2v) is 7.15. The van der Waals surface area contributed by atoms with E-state index < -0.39 is 0 Å². The van der Waals surface area contributed by atoms with Crippen molar-refractivity contribution in [1.82, 2.24) is 4.98 Å². The van der Waals surface area contributed by atoms with Gasteiger partial charge < -0.3 is 5.32 Å². The quantitative estimate of drug-likeness (QED) is 0.516. The molecule has 0 amide bonds. The van der Waals surface area contributed by atoms with Crippen LogP contribution in [-0.4, -0.2) is 4.98 Å². The van der Waals surface area contributed by atoms with Crippen LogP contribution in [0.2, 0.25) is 0 Å². The molecule has 0 atom stereocenters. The zero-order chi connectivity index (χ0) is 17.6. The number of allylic oxidation sites excluding steroid dienone is 1. The van der Waals surface area contributed by atoms with Crippen LogP contribution in [0.25, 0.3) is 16.8 Å². The van der Waals surface area contributed by atoms with E-state index in [0.29, 0.717) is 10.6 Å². The number of hydrogen-bond acceptors (Lipinski definition) is 4. The van der Waals surface area contributed by atoms with Gasteiger partial charge in [-0.25, -0.2) is 4.98 Å². The van der Waals surface area contributed by atoms with Gasteiger partial charge in [0.1, 0.15) is 16.6 Å². The number of thiazole rings is 1. The minimum atomic E-state index is 0.525. The van der Waals surface area contributed by atoms with Crippen LogP contribution >= 0.6 is 27.3 Å². The monoisotopic (exact) mass is 409 g/mol. The number of anilines is 1. The van der Waals surface area contributed by atoms with Crippen LogP contribution in [0.3, 0.4) is 0 Å². The van der Waals surface area contributed by atoms with Crippen molar-refractivity contribution in [2.24, 2.45) is 0 Å². The van der Waals surface area contributed by atoms with E-state index in [-0.39, 0.29) is 0 Å². The number of aryl methyl sites for hydroxylation is 1. The lowest BCUT2D eigenvalue weighted by molar-refractivity contribution is 1.14. The van der Waals surface area contributed by atoms with Gasteiger partial charge in [0.05, 0.1) is 5.69 Å². The zero-order valence-electron chi connectivity index (χ0n) is 13.7. The Bertz CT molecular complexity index is 953. The molecular weight excluding hydrogens is 394 g/mol. The molecular formula is C20H16BrN3S. The zero-order valence-corrected chi connectivity index (χ0v) is 16.1. The second kappa shape index (κ2) is 8.11. The Balaban J connectivity index is 1.85. The molecule has 25 heavy (non-hydrogen) atoms. The first-order valence-corrected chi connectivity index (χ1v) is 9.55. The number of benzene rings is 2. The van der Waals surface area contributed by atoms with Gasteiger partial charge in [0.25, 0.3) is 0 Å². The molecule has 0 bridgehead atoms. The van der Waals surface area contributed by atoms with Crippen molar-refractivity contribution < 1.29 is 0 Å².